The van der Waals surface area contributed by atoms with E-state index in [2.05, 4.69) is 5.32 Å². The maximum Gasteiger partial charge on any atom is 0.348 e. The fourth-order valence-electron chi connectivity index (χ4n) is 4.59. The summed E-state index contributed by atoms with van der Waals surface area (Å²) in [6.07, 6.45) is 0.322. The van der Waals surface area contributed by atoms with Gasteiger partial charge in [0.2, 0.25) is 19.8 Å². The number of hydrogen-bond acceptors (Lipinski definition) is 4. The van der Waals surface area contributed by atoms with E-state index in [1.165, 1.54) is 25.0 Å². The van der Waals surface area contributed by atoms with Gasteiger partial charge in [0.15, 0.2) is 0 Å². The largest absolute Gasteiger partial charge is 0.393 e. The molecule has 0 saturated carbocycles. The first-order chi connectivity index (χ1) is 16.7. The summed E-state index contributed by atoms with van der Waals surface area (Å²) in [4.78, 5) is 52.7. The Balaban J connectivity index is 1.60. The zero-order valence-corrected chi connectivity index (χ0v) is 21.1. The molecule has 2 aliphatic heterocycles. The van der Waals surface area contributed by atoms with Crippen molar-refractivity contribution in [2.75, 3.05) is 0 Å². The molecular formula is C22H22B4ClF2N3O4. The minimum atomic E-state index is -3.78. The first-order valence-corrected chi connectivity index (χ1v) is 11.8. The lowest BCUT2D eigenvalue weighted by molar-refractivity contribution is -0.155. The van der Waals surface area contributed by atoms with Gasteiger partial charge >= 0.3 is 5.92 Å². The SMILES string of the molecule is BN(C(=O)C(F)(F)c1ccc(Cl)cc1)C(B)(B)c1ccc2c(c1)CN([C@@]1(B)CCC(=O)NC1=O)C2=O. The summed E-state index contributed by atoms with van der Waals surface area (Å²) in [6.45, 7) is 0.120. The number of alkyl halides is 2. The second-order valence-electron chi connectivity index (χ2n) is 9.92. The van der Waals surface area contributed by atoms with Gasteiger partial charge in [0, 0.05) is 29.1 Å². The molecule has 2 aromatic rings. The van der Waals surface area contributed by atoms with Crippen LogP contribution in [0.5, 0.6) is 0 Å². The van der Waals surface area contributed by atoms with Crippen LogP contribution in [0.2, 0.25) is 5.02 Å². The van der Waals surface area contributed by atoms with Gasteiger partial charge in [0.05, 0.1) is 5.44 Å². The number of halogens is 3. The Bertz CT molecular complexity index is 1290. The second kappa shape index (κ2) is 8.80. The zero-order valence-electron chi connectivity index (χ0n) is 20.3. The molecule has 14 heteroatoms. The Labute approximate surface area is 215 Å². The quantitative estimate of drug-likeness (QED) is 0.398. The number of carbonyl (C=O) groups excluding carboxylic acids is 4. The van der Waals surface area contributed by atoms with Crippen LogP contribution in [0.3, 0.4) is 0 Å². The standard InChI is InChI=1S/C22H22B4ClF2N3O4/c23-20(8-7-16(33)30-18(20)35)31-10-11-9-13(3-6-15(11)17(31)34)22(24,25)32(26)19(36)21(28,29)12-1-4-14(27)5-2-12/h1-6,9H,7-8,10,23-26H2,(H,30,33,35)/t20-/m0/s1. The summed E-state index contributed by atoms with van der Waals surface area (Å²) in [5.74, 6) is -6.42. The highest BCUT2D eigenvalue weighted by atomic mass is 35.5. The highest BCUT2D eigenvalue weighted by molar-refractivity contribution is 6.43. The smallest absolute Gasteiger partial charge is 0.348 e. The first kappa shape index (κ1) is 26.0. The molecule has 4 rings (SSSR count). The van der Waals surface area contributed by atoms with Crippen molar-refractivity contribution in [2.45, 2.75) is 36.1 Å². The van der Waals surface area contributed by atoms with Crippen LogP contribution in [0.4, 0.5) is 8.78 Å². The fourth-order valence-corrected chi connectivity index (χ4v) is 4.72. The normalized spacial score (nSPS) is 20.2. The molecule has 1 saturated heterocycles. The Morgan fingerprint density at radius 2 is 1.69 bits per heavy atom. The van der Waals surface area contributed by atoms with Crippen LogP contribution in [0.15, 0.2) is 42.5 Å². The van der Waals surface area contributed by atoms with Gasteiger partial charge < -0.3 is 9.71 Å². The van der Waals surface area contributed by atoms with Crippen molar-refractivity contribution < 1.29 is 28.0 Å². The maximum atomic E-state index is 15.1. The monoisotopic (exact) mass is 509 g/mol. The van der Waals surface area contributed by atoms with E-state index < -0.39 is 34.1 Å². The number of hydrogen-bond donors (Lipinski definition) is 1. The Morgan fingerprint density at radius 3 is 2.31 bits per heavy atom. The van der Waals surface area contributed by atoms with Crippen molar-refractivity contribution in [1.29, 1.82) is 0 Å². The van der Waals surface area contributed by atoms with Crippen molar-refractivity contribution in [2.24, 2.45) is 0 Å². The van der Waals surface area contributed by atoms with Crippen LogP contribution in [0.1, 0.15) is 39.9 Å². The molecule has 0 aliphatic carbocycles. The lowest BCUT2D eigenvalue weighted by Gasteiger charge is -2.40. The van der Waals surface area contributed by atoms with Crippen molar-refractivity contribution in [1.82, 2.24) is 15.0 Å². The van der Waals surface area contributed by atoms with E-state index in [1.807, 2.05) is 0 Å². The zero-order chi connectivity index (χ0) is 26.6. The van der Waals surface area contributed by atoms with E-state index in [1.54, 1.807) is 41.7 Å². The number of imide groups is 1. The molecule has 0 unspecified atom stereocenters. The topological polar surface area (TPSA) is 86.8 Å². The molecule has 2 aliphatic rings. The number of fused-ring (bicyclic) bond motifs is 1. The molecule has 7 nitrogen and oxygen atoms in total. The highest BCUT2D eigenvalue weighted by Crippen LogP contribution is 2.37. The van der Waals surface area contributed by atoms with E-state index in [0.717, 1.165) is 16.9 Å². The van der Waals surface area contributed by atoms with Gasteiger partial charge in [-0.15, -0.1) is 0 Å². The molecule has 1 N–H and O–H groups in total. The summed E-state index contributed by atoms with van der Waals surface area (Å²) in [5, 5.41) is 1.42. The third kappa shape index (κ3) is 4.13. The summed E-state index contributed by atoms with van der Waals surface area (Å²) < 4.78 is 30.1. The Morgan fingerprint density at radius 1 is 1.08 bits per heavy atom. The van der Waals surface area contributed by atoms with Crippen LogP contribution in [0, 0.1) is 0 Å². The van der Waals surface area contributed by atoms with Crippen LogP contribution in [-0.2, 0) is 32.2 Å². The minimum absolute atomic E-state index is 0.120. The number of nitrogens with zero attached hydrogens (tertiary/aromatic N) is 2. The molecule has 1 fully saturated rings. The number of piperidine rings is 1. The lowest BCUT2D eigenvalue weighted by atomic mass is 9.55. The predicted octanol–water partition coefficient (Wildman–Crippen LogP) is -1.39. The van der Waals surface area contributed by atoms with Gasteiger partial charge in [0.1, 0.15) is 23.5 Å². The summed E-state index contributed by atoms with van der Waals surface area (Å²) >= 11 is 5.79. The molecule has 1 atom stereocenters. The van der Waals surface area contributed by atoms with E-state index in [4.69, 9.17) is 11.6 Å². The van der Waals surface area contributed by atoms with Gasteiger partial charge in [-0.1, -0.05) is 35.9 Å². The van der Waals surface area contributed by atoms with Crippen LogP contribution >= 0.6 is 11.6 Å². The molecular weight excluding hydrogens is 487 g/mol. The van der Waals surface area contributed by atoms with Gasteiger partial charge in [-0.05, 0) is 41.1 Å². The molecule has 4 amide bonds. The highest BCUT2D eigenvalue weighted by Gasteiger charge is 2.49. The fraction of sp³-hybridized carbons (Fsp3) is 0.273. The van der Waals surface area contributed by atoms with E-state index in [9.17, 15) is 19.2 Å². The number of rotatable bonds is 5. The molecule has 0 bridgehead atoms. The Hall–Kier alpha value is -3.07. The molecule has 182 valence electrons. The van der Waals surface area contributed by atoms with Gasteiger partial charge in [-0.3, -0.25) is 24.5 Å². The van der Waals surface area contributed by atoms with Gasteiger partial charge in [-0.2, -0.15) is 8.78 Å². The summed E-state index contributed by atoms with van der Waals surface area (Å²) in [5.41, 5.74) is -0.102. The van der Waals surface area contributed by atoms with Crippen LogP contribution in [0.25, 0.3) is 0 Å². The van der Waals surface area contributed by atoms with Gasteiger partial charge in [-0.25, -0.2) is 0 Å². The van der Waals surface area contributed by atoms with E-state index >= 15 is 8.78 Å². The van der Waals surface area contributed by atoms with Crippen molar-refractivity contribution >= 4 is 66.7 Å². The molecule has 2 heterocycles. The molecule has 0 radical (unpaired) electrons. The van der Waals surface area contributed by atoms with Crippen LogP contribution in [-0.4, -0.2) is 70.3 Å². The number of nitrogens with one attached hydrogen (secondary N) is 1. The van der Waals surface area contributed by atoms with Crippen LogP contribution < -0.4 is 5.32 Å². The average Bonchev–Trinajstić information content (AvgIpc) is 3.17. The molecule has 0 spiro atoms. The third-order valence-corrected chi connectivity index (χ3v) is 7.66. The molecule has 36 heavy (non-hydrogen) atoms. The summed E-state index contributed by atoms with van der Waals surface area (Å²) in [7, 11) is 6.21. The third-order valence-electron chi connectivity index (χ3n) is 7.41. The lowest BCUT2D eigenvalue weighted by Crippen LogP contribution is -2.63. The second-order valence-corrected chi connectivity index (χ2v) is 10.4. The number of amides is 4. The molecule has 0 aromatic heterocycles. The van der Waals surface area contributed by atoms with Crippen molar-refractivity contribution in [3.05, 3.63) is 69.7 Å². The van der Waals surface area contributed by atoms with E-state index in [-0.39, 0.29) is 36.2 Å². The maximum absolute atomic E-state index is 15.1. The molecule has 2 aromatic carbocycles. The van der Waals surface area contributed by atoms with E-state index in [0.29, 0.717) is 16.7 Å². The number of benzene rings is 2. The average molecular weight is 509 g/mol. The van der Waals surface area contributed by atoms with Crippen molar-refractivity contribution in [3.63, 3.8) is 0 Å². The predicted molar refractivity (Wildman–Crippen MR) is 139 cm³/mol. The van der Waals surface area contributed by atoms with Gasteiger partial charge in [0.25, 0.3) is 11.8 Å². The number of carbonyl (C=O) groups is 4. The summed E-state index contributed by atoms with van der Waals surface area (Å²) in [6, 6.07) is 9.74. The minimum Gasteiger partial charge on any atom is -0.393 e. The first-order valence-electron chi connectivity index (χ1n) is 11.4. The Kier molecular flexibility index (Phi) is 6.35. The van der Waals surface area contributed by atoms with Crippen molar-refractivity contribution in [3.8, 4) is 0 Å².